The van der Waals surface area contributed by atoms with E-state index in [4.69, 9.17) is 11.6 Å². The van der Waals surface area contributed by atoms with Crippen LogP contribution >= 0.6 is 11.6 Å². The molecule has 0 aromatic carbocycles. The van der Waals surface area contributed by atoms with Crippen molar-refractivity contribution in [2.75, 3.05) is 31.5 Å². The Kier molecular flexibility index (Phi) is 4.96. The fourth-order valence-electron chi connectivity index (χ4n) is 3.29. The molecule has 1 aliphatic heterocycles. The Morgan fingerprint density at radius 3 is 2.89 bits per heavy atom. The van der Waals surface area contributed by atoms with Crippen molar-refractivity contribution in [1.82, 2.24) is 14.5 Å². The lowest BCUT2D eigenvalue weighted by Gasteiger charge is -2.14. The maximum absolute atomic E-state index is 12.2. The van der Waals surface area contributed by atoms with Gasteiger partial charge in [0.1, 0.15) is 17.2 Å². The van der Waals surface area contributed by atoms with Gasteiger partial charge >= 0.3 is 0 Å². The van der Waals surface area contributed by atoms with Crippen molar-refractivity contribution in [2.45, 2.75) is 12.8 Å². The average molecular weight is 386 g/mol. The van der Waals surface area contributed by atoms with Crippen molar-refractivity contribution in [3.8, 4) is 0 Å². The standard InChI is InChI=1S/C19H20ClN5O2/c20-13-11-14(17(27)12-16(13)26)22-18-15-5-1-2-9-25(15)23-19(18)21-6-10-24-7-3-4-8-24/h1-2,5,9,11-12,26H,3-4,6-8,10H2,(H,21,23). The van der Waals surface area contributed by atoms with Gasteiger partial charge in [-0.1, -0.05) is 17.7 Å². The molecule has 1 aliphatic carbocycles. The molecule has 2 N–H and O–H groups in total. The first-order chi connectivity index (χ1) is 13.1. The molecular formula is C19H20ClN5O2. The number of likely N-dealkylation sites (tertiary alicyclic amines) is 1. The normalized spacial score (nSPS) is 19.6. The van der Waals surface area contributed by atoms with Crippen molar-refractivity contribution in [3.05, 3.63) is 47.3 Å². The number of nitrogens with zero attached hydrogens (tertiary/aromatic N) is 4. The van der Waals surface area contributed by atoms with Crippen LogP contribution < -0.4 is 5.32 Å². The molecule has 4 rings (SSSR count). The maximum atomic E-state index is 12.2. The Morgan fingerprint density at radius 2 is 2.07 bits per heavy atom. The molecule has 2 aromatic heterocycles. The predicted molar refractivity (Wildman–Crippen MR) is 106 cm³/mol. The van der Waals surface area contributed by atoms with Crippen LogP contribution in [0.2, 0.25) is 0 Å². The second-order valence-electron chi connectivity index (χ2n) is 6.59. The third-order valence-corrected chi connectivity index (χ3v) is 5.00. The molecule has 0 spiro atoms. The number of halogens is 1. The molecule has 7 nitrogen and oxygen atoms in total. The van der Waals surface area contributed by atoms with E-state index >= 15 is 0 Å². The smallest absolute Gasteiger partial charge is 0.207 e. The number of aliphatic imine (C=N–C) groups is 1. The number of anilines is 1. The van der Waals surface area contributed by atoms with Crippen LogP contribution in [0.1, 0.15) is 12.8 Å². The lowest BCUT2D eigenvalue weighted by molar-refractivity contribution is -0.109. The molecule has 8 heteroatoms. The van der Waals surface area contributed by atoms with Crippen molar-refractivity contribution >= 4 is 40.1 Å². The number of carbonyl (C=O) groups is 1. The summed E-state index contributed by atoms with van der Waals surface area (Å²) in [5.41, 5.74) is 1.53. The number of ketones is 1. The molecule has 0 atom stereocenters. The number of aliphatic hydroxyl groups excluding tert-OH is 1. The molecule has 140 valence electrons. The first-order valence-electron chi connectivity index (χ1n) is 8.96. The summed E-state index contributed by atoms with van der Waals surface area (Å²) in [5.74, 6) is -0.0244. The number of fused-ring (bicyclic) bond motifs is 1. The van der Waals surface area contributed by atoms with Gasteiger partial charge in [-0.25, -0.2) is 9.51 Å². The number of aliphatic hydroxyl groups is 1. The van der Waals surface area contributed by atoms with E-state index in [9.17, 15) is 9.90 Å². The van der Waals surface area contributed by atoms with Crippen LogP contribution in [0, 0.1) is 0 Å². The Bertz CT molecular complexity index is 970. The first kappa shape index (κ1) is 17.8. The van der Waals surface area contributed by atoms with Gasteiger partial charge in [0.25, 0.3) is 0 Å². The Morgan fingerprint density at radius 1 is 1.26 bits per heavy atom. The Balaban J connectivity index is 1.64. The van der Waals surface area contributed by atoms with Crippen LogP contribution in [-0.4, -0.2) is 57.3 Å². The van der Waals surface area contributed by atoms with Gasteiger partial charge < -0.3 is 15.3 Å². The summed E-state index contributed by atoms with van der Waals surface area (Å²) in [6, 6.07) is 5.67. The third kappa shape index (κ3) is 3.74. The van der Waals surface area contributed by atoms with Gasteiger partial charge in [-0.15, -0.1) is 5.10 Å². The molecular weight excluding hydrogens is 366 g/mol. The van der Waals surface area contributed by atoms with Crippen LogP contribution in [0.25, 0.3) is 5.52 Å². The second-order valence-corrected chi connectivity index (χ2v) is 6.99. The minimum atomic E-state index is -0.393. The van der Waals surface area contributed by atoms with Gasteiger partial charge in [0.15, 0.2) is 5.82 Å². The topological polar surface area (TPSA) is 82.2 Å². The molecule has 3 heterocycles. The summed E-state index contributed by atoms with van der Waals surface area (Å²) in [7, 11) is 0. The minimum Gasteiger partial charge on any atom is -0.506 e. The van der Waals surface area contributed by atoms with Crippen molar-refractivity contribution in [1.29, 1.82) is 0 Å². The number of carbonyl (C=O) groups excluding carboxylic acids is 1. The summed E-state index contributed by atoms with van der Waals surface area (Å²) < 4.78 is 1.73. The summed E-state index contributed by atoms with van der Waals surface area (Å²) in [6.45, 7) is 3.95. The highest BCUT2D eigenvalue weighted by Gasteiger charge is 2.20. The van der Waals surface area contributed by atoms with E-state index in [0.29, 0.717) is 11.5 Å². The van der Waals surface area contributed by atoms with Gasteiger partial charge in [-0.05, 0) is 44.1 Å². The zero-order valence-corrected chi connectivity index (χ0v) is 15.5. The number of nitrogens with one attached hydrogen (secondary N) is 1. The summed E-state index contributed by atoms with van der Waals surface area (Å²) in [6.07, 6.45) is 6.79. The molecule has 2 aliphatic rings. The number of rotatable bonds is 5. The molecule has 1 fully saturated rings. The zero-order chi connectivity index (χ0) is 18.8. The van der Waals surface area contributed by atoms with Gasteiger partial charge in [0.2, 0.25) is 5.78 Å². The SMILES string of the molecule is O=C1C=C(O)C(Cl)=CC1=Nc1c(NCCN2CCCC2)nn2ccccc12. The van der Waals surface area contributed by atoms with E-state index in [1.165, 1.54) is 18.9 Å². The summed E-state index contributed by atoms with van der Waals surface area (Å²) >= 11 is 5.95. The van der Waals surface area contributed by atoms with Crippen LogP contribution in [0.5, 0.6) is 0 Å². The van der Waals surface area contributed by atoms with Crippen LogP contribution in [0.3, 0.4) is 0 Å². The maximum Gasteiger partial charge on any atom is 0.207 e. The predicted octanol–water partition coefficient (Wildman–Crippen LogP) is 3.06. The number of pyridine rings is 1. The van der Waals surface area contributed by atoms with Crippen LogP contribution in [0.4, 0.5) is 11.5 Å². The van der Waals surface area contributed by atoms with E-state index in [-0.39, 0.29) is 16.5 Å². The molecule has 0 amide bonds. The summed E-state index contributed by atoms with van der Waals surface area (Å²) in [4.78, 5) is 19.1. The fourth-order valence-corrected chi connectivity index (χ4v) is 3.45. The average Bonchev–Trinajstić information content (AvgIpc) is 3.28. The monoisotopic (exact) mass is 385 g/mol. The molecule has 1 saturated heterocycles. The second kappa shape index (κ2) is 7.54. The zero-order valence-electron chi connectivity index (χ0n) is 14.7. The van der Waals surface area contributed by atoms with E-state index in [2.05, 4.69) is 20.3 Å². The molecule has 2 aromatic rings. The Hall–Kier alpha value is -2.64. The highest BCUT2D eigenvalue weighted by Crippen LogP contribution is 2.31. The molecule has 0 unspecified atom stereocenters. The largest absolute Gasteiger partial charge is 0.506 e. The van der Waals surface area contributed by atoms with E-state index in [1.807, 2.05) is 24.4 Å². The quantitative estimate of drug-likeness (QED) is 0.773. The molecule has 27 heavy (non-hydrogen) atoms. The van der Waals surface area contributed by atoms with Crippen LogP contribution in [0.15, 0.2) is 52.3 Å². The molecule has 0 bridgehead atoms. The van der Waals surface area contributed by atoms with Crippen molar-refractivity contribution < 1.29 is 9.90 Å². The highest BCUT2D eigenvalue weighted by atomic mass is 35.5. The first-order valence-corrected chi connectivity index (χ1v) is 9.34. The van der Waals surface area contributed by atoms with Gasteiger partial charge in [-0.2, -0.15) is 0 Å². The molecule has 0 radical (unpaired) electrons. The summed E-state index contributed by atoms with van der Waals surface area (Å²) in [5, 5.41) is 17.6. The number of hydrogen-bond acceptors (Lipinski definition) is 6. The molecule has 0 saturated carbocycles. The third-order valence-electron chi connectivity index (χ3n) is 4.69. The lowest BCUT2D eigenvalue weighted by Crippen LogP contribution is -2.26. The van der Waals surface area contributed by atoms with E-state index < -0.39 is 5.78 Å². The van der Waals surface area contributed by atoms with Gasteiger partial charge in [-0.3, -0.25) is 4.79 Å². The Labute approximate surface area is 161 Å². The van der Waals surface area contributed by atoms with Crippen molar-refractivity contribution in [3.63, 3.8) is 0 Å². The minimum absolute atomic E-state index is 0.0911. The highest BCUT2D eigenvalue weighted by molar-refractivity contribution is 6.52. The number of aromatic nitrogens is 2. The van der Waals surface area contributed by atoms with E-state index in [0.717, 1.165) is 37.8 Å². The van der Waals surface area contributed by atoms with Gasteiger partial charge in [0, 0.05) is 25.4 Å². The van der Waals surface area contributed by atoms with Crippen LogP contribution in [-0.2, 0) is 4.79 Å². The number of allylic oxidation sites excluding steroid dienone is 3. The fraction of sp³-hybridized carbons (Fsp3) is 0.316. The van der Waals surface area contributed by atoms with E-state index in [1.54, 1.807) is 4.52 Å². The van der Waals surface area contributed by atoms with Gasteiger partial charge in [0.05, 0.1) is 10.5 Å². The van der Waals surface area contributed by atoms with Crippen molar-refractivity contribution in [2.24, 2.45) is 4.99 Å². The number of hydrogen-bond donors (Lipinski definition) is 2. The lowest BCUT2D eigenvalue weighted by atomic mass is 10.1.